The summed E-state index contributed by atoms with van der Waals surface area (Å²) in [6.45, 7) is 2.63. The summed E-state index contributed by atoms with van der Waals surface area (Å²) in [5, 5.41) is 0. The quantitative estimate of drug-likeness (QED) is 0.741. The SMILES string of the molecule is Br.Br.CCC[O][V]=[O]. The molecule has 0 fully saturated rings. The van der Waals surface area contributed by atoms with E-state index in [0.717, 1.165) is 6.42 Å². The molecule has 0 aromatic heterocycles. The van der Waals surface area contributed by atoms with E-state index < -0.39 is 16.6 Å². The van der Waals surface area contributed by atoms with Gasteiger partial charge in [-0.15, -0.1) is 34.0 Å². The molecule has 0 radical (unpaired) electrons. The normalized spacial score (nSPS) is 6.12. The second-order valence-electron chi connectivity index (χ2n) is 0.908. The van der Waals surface area contributed by atoms with Crippen molar-refractivity contribution in [2.75, 3.05) is 6.61 Å². The number of rotatable bonds is 3. The molecule has 5 heteroatoms. The first-order valence-corrected chi connectivity index (χ1v) is 3.00. The Morgan fingerprint density at radius 1 is 1.50 bits per heavy atom. The van der Waals surface area contributed by atoms with Crippen LogP contribution in [0.5, 0.6) is 0 Å². The monoisotopic (exact) mass is 286 g/mol. The van der Waals surface area contributed by atoms with Crippen molar-refractivity contribution < 1.29 is 23.9 Å². The molecule has 52 valence electrons. The molecule has 0 aliphatic rings. The van der Waals surface area contributed by atoms with Crippen molar-refractivity contribution >= 4 is 34.0 Å². The Hall–Kier alpha value is 1.30. The molecule has 0 rings (SSSR count). The van der Waals surface area contributed by atoms with Crippen molar-refractivity contribution in [1.82, 2.24) is 0 Å². The van der Waals surface area contributed by atoms with E-state index in [2.05, 4.69) is 3.66 Å². The van der Waals surface area contributed by atoms with E-state index >= 15 is 0 Å². The summed E-state index contributed by atoms with van der Waals surface area (Å²) in [6, 6.07) is 0. The molecular weight excluding hydrogens is 279 g/mol. The molecule has 0 unspecified atom stereocenters. The molecule has 0 aromatic carbocycles. The predicted octanol–water partition coefficient (Wildman–Crippen LogP) is 1.91. The van der Waals surface area contributed by atoms with Crippen molar-refractivity contribution in [1.29, 1.82) is 0 Å². The zero-order chi connectivity index (χ0) is 4.83. The maximum atomic E-state index is 9.56. The van der Waals surface area contributed by atoms with Crippen LogP contribution in [-0.4, -0.2) is 6.61 Å². The van der Waals surface area contributed by atoms with Gasteiger partial charge < -0.3 is 0 Å². The molecule has 0 saturated heterocycles. The minimum absolute atomic E-state index is 0. The third-order valence-corrected chi connectivity index (χ3v) is 0.798. The van der Waals surface area contributed by atoms with Crippen molar-refractivity contribution in [3.8, 4) is 0 Å². The summed E-state index contributed by atoms with van der Waals surface area (Å²) < 4.78 is 14.1. The van der Waals surface area contributed by atoms with Gasteiger partial charge in [0.1, 0.15) is 0 Å². The summed E-state index contributed by atoms with van der Waals surface area (Å²) in [7, 11) is 0. The van der Waals surface area contributed by atoms with Crippen molar-refractivity contribution in [2.24, 2.45) is 0 Å². The van der Waals surface area contributed by atoms with Gasteiger partial charge in [0.25, 0.3) is 0 Å². The molecule has 2 nitrogen and oxygen atoms in total. The summed E-state index contributed by atoms with van der Waals surface area (Å²) >= 11 is -1.04. The number of hydrogen-bond acceptors (Lipinski definition) is 2. The van der Waals surface area contributed by atoms with Crippen LogP contribution in [0.4, 0.5) is 0 Å². The summed E-state index contributed by atoms with van der Waals surface area (Å²) in [6.07, 6.45) is 0.956. The third kappa shape index (κ3) is 15.7. The first-order valence-electron chi connectivity index (χ1n) is 1.86. The summed E-state index contributed by atoms with van der Waals surface area (Å²) in [4.78, 5) is 0. The van der Waals surface area contributed by atoms with Crippen LogP contribution in [0.25, 0.3) is 0 Å². The topological polar surface area (TPSA) is 26.3 Å². The second-order valence-corrected chi connectivity index (χ2v) is 1.54. The molecule has 0 spiro atoms. The molecule has 0 aromatic rings. The van der Waals surface area contributed by atoms with Crippen LogP contribution in [0.15, 0.2) is 0 Å². The Morgan fingerprint density at radius 3 is 2.12 bits per heavy atom. The van der Waals surface area contributed by atoms with Gasteiger partial charge in [0, 0.05) is 0 Å². The average molecular weight is 288 g/mol. The van der Waals surface area contributed by atoms with E-state index in [1.807, 2.05) is 6.92 Å². The zero-order valence-electron chi connectivity index (χ0n) is 4.49. The van der Waals surface area contributed by atoms with Crippen LogP contribution in [0.3, 0.4) is 0 Å². The van der Waals surface area contributed by atoms with E-state index in [9.17, 15) is 3.67 Å². The summed E-state index contributed by atoms with van der Waals surface area (Å²) in [5.74, 6) is 0. The Morgan fingerprint density at radius 2 is 2.00 bits per heavy atom. The van der Waals surface area contributed by atoms with Gasteiger partial charge in [-0.3, -0.25) is 0 Å². The average Bonchev–Trinajstić information content (AvgIpc) is 1.61. The Bertz CT molecular complexity index is 44.3. The van der Waals surface area contributed by atoms with Crippen LogP contribution in [0, 0.1) is 0 Å². The van der Waals surface area contributed by atoms with Crippen LogP contribution in [0.1, 0.15) is 13.3 Å². The van der Waals surface area contributed by atoms with Crippen LogP contribution < -0.4 is 0 Å². The van der Waals surface area contributed by atoms with E-state index in [0.29, 0.717) is 6.61 Å². The molecule has 0 aliphatic carbocycles. The van der Waals surface area contributed by atoms with Gasteiger partial charge in [-0.1, -0.05) is 0 Å². The molecule has 0 saturated carbocycles. The van der Waals surface area contributed by atoms with Gasteiger partial charge in [-0.05, 0) is 0 Å². The summed E-state index contributed by atoms with van der Waals surface area (Å²) in [5.41, 5.74) is 0. The van der Waals surface area contributed by atoms with Crippen LogP contribution in [-0.2, 0) is 23.9 Å². The fourth-order valence-corrected chi connectivity index (χ4v) is 0.530. The van der Waals surface area contributed by atoms with Crippen LogP contribution >= 0.6 is 34.0 Å². The first-order chi connectivity index (χ1) is 2.91. The van der Waals surface area contributed by atoms with Gasteiger partial charge in [0.2, 0.25) is 0 Å². The van der Waals surface area contributed by atoms with E-state index in [-0.39, 0.29) is 34.0 Å². The third-order valence-electron chi connectivity index (χ3n) is 0.348. The molecule has 0 heterocycles. The van der Waals surface area contributed by atoms with E-state index in [1.165, 1.54) is 0 Å². The minimum atomic E-state index is -1.04. The van der Waals surface area contributed by atoms with Crippen molar-refractivity contribution in [3.05, 3.63) is 0 Å². The second kappa shape index (κ2) is 15.7. The van der Waals surface area contributed by atoms with Gasteiger partial charge in [0.15, 0.2) is 0 Å². The Labute approximate surface area is 77.6 Å². The van der Waals surface area contributed by atoms with Crippen molar-refractivity contribution in [2.45, 2.75) is 13.3 Å². The molecule has 0 atom stereocenters. The standard InChI is InChI=1S/C3H7O.2BrH.O.V/c1-2-3-4;;;;/h2-3H2,1H3;2*1H;;/q-1;;;;+1. The van der Waals surface area contributed by atoms with Crippen LogP contribution in [0.2, 0.25) is 0 Å². The molecule has 0 aliphatic heterocycles. The molecule has 0 amide bonds. The zero-order valence-corrected chi connectivity index (χ0v) is 9.32. The van der Waals surface area contributed by atoms with Crippen molar-refractivity contribution in [3.63, 3.8) is 0 Å². The fraction of sp³-hybridized carbons (Fsp3) is 1.00. The van der Waals surface area contributed by atoms with Gasteiger partial charge in [-0.2, -0.15) is 0 Å². The van der Waals surface area contributed by atoms with Gasteiger partial charge in [0.05, 0.1) is 0 Å². The van der Waals surface area contributed by atoms with Gasteiger partial charge in [-0.25, -0.2) is 0 Å². The maximum absolute atomic E-state index is 9.56. The van der Waals surface area contributed by atoms with E-state index in [4.69, 9.17) is 0 Å². The van der Waals surface area contributed by atoms with E-state index in [1.54, 1.807) is 0 Å². The Kier molecular flexibility index (Phi) is 31.8. The number of halogens is 2. The molecule has 8 heavy (non-hydrogen) atoms. The van der Waals surface area contributed by atoms with Gasteiger partial charge >= 0.3 is 43.9 Å². The molecule has 0 N–H and O–H groups in total. The fourth-order valence-electron chi connectivity index (χ4n) is 0.129. The molecule has 0 bridgehead atoms. The predicted molar refractivity (Wildman–Crippen MR) is 37.6 cm³/mol. The first kappa shape index (κ1) is 16.1. The number of hydrogen-bond donors (Lipinski definition) is 0. The molecular formula is C3H9Br2O2V. The Balaban J connectivity index is -0.000000125.